The molecule has 1 unspecified atom stereocenters. The third-order valence-electron chi connectivity index (χ3n) is 2.08. The van der Waals surface area contributed by atoms with E-state index < -0.39 is 6.09 Å². The van der Waals surface area contributed by atoms with Crippen LogP contribution in [0.15, 0.2) is 18.3 Å². The molecule has 1 heterocycles. The van der Waals surface area contributed by atoms with Crippen LogP contribution in [0.3, 0.4) is 0 Å². The van der Waals surface area contributed by atoms with Gasteiger partial charge in [-0.3, -0.25) is 5.32 Å². The summed E-state index contributed by atoms with van der Waals surface area (Å²) in [4.78, 5) is 15.3. The van der Waals surface area contributed by atoms with E-state index in [0.717, 1.165) is 6.42 Å². The first kappa shape index (κ1) is 12.3. The van der Waals surface area contributed by atoms with Gasteiger partial charge in [-0.25, -0.2) is 9.78 Å². The fourth-order valence-corrected chi connectivity index (χ4v) is 0.988. The minimum atomic E-state index is -0.471. The molecule has 1 atom stereocenters. The Balaban J connectivity index is 2.49. The first-order chi connectivity index (χ1) is 7.65. The standard InChI is InChI=1S/C11H16N2O3/c1-4-8(2)16-11(14)13-9-5-6-10(15-3)12-7-9/h5-8H,4H2,1-3H3,(H,13,14). The van der Waals surface area contributed by atoms with E-state index in [9.17, 15) is 4.79 Å². The van der Waals surface area contributed by atoms with Gasteiger partial charge in [0.25, 0.3) is 0 Å². The van der Waals surface area contributed by atoms with Crippen molar-refractivity contribution < 1.29 is 14.3 Å². The molecule has 88 valence electrons. The number of carbonyl (C=O) groups excluding carboxylic acids is 1. The van der Waals surface area contributed by atoms with Crippen molar-refractivity contribution in [3.63, 3.8) is 0 Å². The molecule has 5 heteroatoms. The number of amides is 1. The number of ether oxygens (including phenoxy) is 2. The number of nitrogens with zero attached hydrogens (tertiary/aromatic N) is 1. The van der Waals surface area contributed by atoms with Crippen LogP contribution in [0.1, 0.15) is 20.3 Å². The summed E-state index contributed by atoms with van der Waals surface area (Å²) in [5.74, 6) is 0.501. The van der Waals surface area contributed by atoms with Gasteiger partial charge in [0.2, 0.25) is 5.88 Å². The molecule has 1 aromatic rings. The van der Waals surface area contributed by atoms with Crippen LogP contribution < -0.4 is 10.1 Å². The monoisotopic (exact) mass is 224 g/mol. The summed E-state index contributed by atoms with van der Waals surface area (Å²) in [6.07, 6.45) is 1.73. The maximum Gasteiger partial charge on any atom is 0.411 e. The molecular weight excluding hydrogens is 208 g/mol. The van der Waals surface area contributed by atoms with Gasteiger partial charge < -0.3 is 9.47 Å². The van der Waals surface area contributed by atoms with Gasteiger partial charge in [-0.2, -0.15) is 0 Å². The predicted molar refractivity (Wildman–Crippen MR) is 60.6 cm³/mol. The van der Waals surface area contributed by atoms with Crippen LogP contribution in [-0.2, 0) is 4.74 Å². The summed E-state index contributed by atoms with van der Waals surface area (Å²) in [6.45, 7) is 3.79. The van der Waals surface area contributed by atoms with Crippen LogP contribution in [0.2, 0.25) is 0 Å². The van der Waals surface area contributed by atoms with Crippen molar-refractivity contribution in [2.24, 2.45) is 0 Å². The minimum absolute atomic E-state index is 0.0915. The Kier molecular flexibility index (Phi) is 4.57. The average Bonchev–Trinajstić information content (AvgIpc) is 2.29. The molecule has 0 aliphatic rings. The fourth-order valence-electron chi connectivity index (χ4n) is 0.988. The Hall–Kier alpha value is -1.78. The Morgan fingerprint density at radius 3 is 2.81 bits per heavy atom. The zero-order valence-corrected chi connectivity index (χ0v) is 9.69. The molecule has 0 spiro atoms. The molecule has 0 aliphatic carbocycles. The number of nitrogens with one attached hydrogen (secondary N) is 1. The molecule has 0 saturated heterocycles. The molecule has 1 amide bonds. The van der Waals surface area contributed by atoms with E-state index in [1.807, 2.05) is 13.8 Å². The number of methoxy groups -OCH3 is 1. The quantitative estimate of drug-likeness (QED) is 0.853. The first-order valence-electron chi connectivity index (χ1n) is 5.13. The smallest absolute Gasteiger partial charge is 0.411 e. The summed E-state index contributed by atoms with van der Waals surface area (Å²) in [5.41, 5.74) is 0.578. The number of carbonyl (C=O) groups is 1. The van der Waals surface area contributed by atoms with Crippen molar-refractivity contribution in [3.05, 3.63) is 18.3 Å². The number of aromatic nitrogens is 1. The van der Waals surface area contributed by atoms with Gasteiger partial charge in [0.15, 0.2) is 0 Å². The highest BCUT2D eigenvalue weighted by atomic mass is 16.6. The molecule has 0 saturated carbocycles. The Morgan fingerprint density at radius 1 is 1.56 bits per heavy atom. The average molecular weight is 224 g/mol. The van der Waals surface area contributed by atoms with Gasteiger partial charge in [-0.1, -0.05) is 6.92 Å². The Labute approximate surface area is 94.8 Å². The van der Waals surface area contributed by atoms with Gasteiger partial charge >= 0.3 is 6.09 Å². The molecule has 5 nitrogen and oxygen atoms in total. The van der Waals surface area contributed by atoms with Crippen molar-refractivity contribution in [3.8, 4) is 5.88 Å². The molecular formula is C11H16N2O3. The lowest BCUT2D eigenvalue weighted by atomic mass is 10.3. The van der Waals surface area contributed by atoms with Gasteiger partial charge in [0, 0.05) is 6.07 Å². The SMILES string of the molecule is CCC(C)OC(=O)Nc1ccc(OC)nc1. The number of hydrogen-bond acceptors (Lipinski definition) is 4. The van der Waals surface area contributed by atoms with E-state index in [1.165, 1.54) is 13.3 Å². The normalized spacial score (nSPS) is 11.7. The first-order valence-corrected chi connectivity index (χ1v) is 5.13. The van der Waals surface area contributed by atoms with Crippen molar-refractivity contribution in [1.82, 2.24) is 4.98 Å². The molecule has 0 fully saturated rings. The minimum Gasteiger partial charge on any atom is -0.481 e. The summed E-state index contributed by atoms with van der Waals surface area (Å²) in [6, 6.07) is 3.36. The lowest BCUT2D eigenvalue weighted by Gasteiger charge is -2.11. The van der Waals surface area contributed by atoms with Gasteiger partial charge in [-0.05, 0) is 19.4 Å². The fraction of sp³-hybridized carbons (Fsp3) is 0.455. The van der Waals surface area contributed by atoms with Crippen molar-refractivity contribution in [2.45, 2.75) is 26.4 Å². The lowest BCUT2D eigenvalue weighted by molar-refractivity contribution is 0.118. The van der Waals surface area contributed by atoms with Crippen molar-refractivity contribution >= 4 is 11.8 Å². The van der Waals surface area contributed by atoms with Crippen LogP contribution in [0.5, 0.6) is 5.88 Å². The Bertz CT molecular complexity index is 338. The maximum atomic E-state index is 11.3. The summed E-state index contributed by atoms with van der Waals surface area (Å²) in [5, 5.41) is 2.58. The van der Waals surface area contributed by atoms with Crippen LogP contribution in [0, 0.1) is 0 Å². The second kappa shape index (κ2) is 5.95. The molecule has 16 heavy (non-hydrogen) atoms. The van der Waals surface area contributed by atoms with Crippen LogP contribution in [0.25, 0.3) is 0 Å². The molecule has 0 radical (unpaired) electrons. The highest BCUT2D eigenvalue weighted by Gasteiger charge is 2.07. The highest BCUT2D eigenvalue weighted by molar-refractivity contribution is 5.84. The van der Waals surface area contributed by atoms with Gasteiger partial charge in [0.05, 0.1) is 19.0 Å². The molecule has 1 rings (SSSR count). The van der Waals surface area contributed by atoms with Gasteiger partial charge in [-0.15, -0.1) is 0 Å². The van der Waals surface area contributed by atoms with E-state index >= 15 is 0 Å². The zero-order valence-electron chi connectivity index (χ0n) is 9.69. The second-order valence-electron chi connectivity index (χ2n) is 3.34. The predicted octanol–water partition coefficient (Wildman–Crippen LogP) is 2.44. The van der Waals surface area contributed by atoms with Gasteiger partial charge in [0.1, 0.15) is 6.10 Å². The maximum absolute atomic E-state index is 11.3. The van der Waals surface area contributed by atoms with Crippen LogP contribution in [-0.4, -0.2) is 24.3 Å². The third kappa shape index (κ3) is 3.76. The molecule has 0 aliphatic heterocycles. The number of hydrogen-bond donors (Lipinski definition) is 1. The number of pyridine rings is 1. The second-order valence-corrected chi connectivity index (χ2v) is 3.34. The lowest BCUT2D eigenvalue weighted by Crippen LogP contribution is -2.19. The zero-order chi connectivity index (χ0) is 12.0. The summed E-state index contributed by atoms with van der Waals surface area (Å²) < 4.78 is 9.95. The number of rotatable bonds is 4. The summed E-state index contributed by atoms with van der Waals surface area (Å²) in [7, 11) is 1.53. The van der Waals surface area contributed by atoms with Crippen LogP contribution >= 0.6 is 0 Å². The molecule has 0 aromatic carbocycles. The number of anilines is 1. The Morgan fingerprint density at radius 2 is 2.31 bits per heavy atom. The van der Waals surface area contributed by atoms with E-state index in [0.29, 0.717) is 11.6 Å². The summed E-state index contributed by atoms with van der Waals surface area (Å²) >= 11 is 0. The molecule has 1 N–H and O–H groups in total. The van der Waals surface area contributed by atoms with Crippen molar-refractivity contribution in [1.29, 1.82) is 0 Å². The van der Waals surface area contributed by atoms with Crippen molar-refractivity contribution in [2.75, 3.05) is 12.4 Å². The largest absolute Gasteiger partial charge is 0.481 e. The third-order valence-corrected chi connectivity index (χ3v) is 2.08. The van der Waals surface area contributed by atoms with E-state index in [4.69, 9.17) is 9.47 Å². The van der Waals surface area contributed by atoms with E-state index in [1.54, 1.807) is 12.1 Å². The van der Waals surface area contributed by atoms with E-state index in [2.05, 4.69) is 10.3 Å². The van der Waals surface area contributed by atoms with Crippen LogP contribution in [0.4, 0.5) is 10.5 Å². The van der Waals surface area contributed by atoms with E-state index in [-0.39, 0.29) is 6.10 Å². The highest BCUT2D eigenvalue weighted by Crippen LogP contribution is 2.11. The molecule has 0 bridgehead atoms. The topological polar surface area (TPSA) is 60.5 Å². The molecule has 1 aromatic heterocycles.